The van der Waals surface area contributed by atoms with Gasteiger partial charge in [0.05, 0.1) is 6.61 Å². The molecule has 1 rings (SSSR count). The van der Waals surface area contributed by atoms with Crippen molar-refractivity contribution in [1.29, 1.82) is 0 Å². The fraction of sp³-hybridized carbons (Fsp3) is 0.562. The van der Waals surface area contributed by atoms with E-state index in [0.717, 1.165) is 5.69 Å². The lowest BCUT2D eigenvalue weighted by Crippen LogP contribution is -2.27. The standard InChI is InChI=1S/C16H25NO2/c1-7-19-15(18)11-17(6)14-9-8-13(10-12(14)2)16(3,4)5/h8-10H,7,11H2,1-6H3. The second kappa shape index (κ2) is 6.09. The number of aryl methyl sites for hydroxylation is 1. The number of benzene rings is 1. The zero-order valence-electron chi connectivity index (χ0n) is 12.9. The predicted octanol–water partition coefficient (Wildman–Crippen LogP) is 3.29. The maximum atomic E-state index is 11.5. The summed E-state index contributed by atoms with van der Waals surface area (Å²) in [6.07, 6.45) is 0. The molecule has 1 aromatic rings. The van der Waals surface area contributed by atoms with Crippen LogP contribution in [0.2, 0.25) is 0 Å². The highest BCUT2D eigenvalue weighted by atomic mass is 16.5. The van der Waals surface area contributed by atoms with Gasteiger partial charge in [0.1, 0.15) is 6.54 Å². The molecule has 0 N–H and O–H groups in total. The van der Waals surface area contributed by atoms with Crippen LogP contribution in [0, 0.1) is 6.92 Å². The second-order valence-corrected chi connectivity index (χ2v) is 5.91. The van der Waals surface area contributed by atoms with Gasteiger partial charge in [0.25, 0.3) is 0 Å². The summed E-state index contributed by atoms with van der Waals surface area (Å²) >= 11 is 0. The number of ether oxygens (including phenoxy) is 1. The summed E-state index contributed by atoms with van der Waals surface area (Å²) in [5, 5.41) is 0. The van der Waals surface area contributed by atoms with Crippen molar-refractivity contribution in [3.05, 3.63) is 29.3 Å². The van der Waals surface area contributed by atoms with Gasteiger partial charge < -0.3 is 9.64 Å². The van der Waals surface area contributed by atoms with Crippen LogP contribution in [0.3, 0.4) is 0 Å². The molecule has 0 unspecified atom stereocenters. The Bertz CT molecular complexity index is 447. The third-order valence-electron chi connectivity index (χ3n) is 3.15. The molecule has 0 amide bonds. The zero-order chi connectivity index (χ0) is 14.6. The fourth-order valence-corrected chi connectivity index (χ4v) is 2.04. The SMILES string of the molecule is CCOC(=O)CN(C)c1ccc(C(C)(C)C)cc1C. The lowest BCUT2D eigenvalue weighted by Gasteiger charge is -2.24. The summed E-state index contributed by atoms with van der Waals surface area (Å²) in [7, 11) is 1.91. The van der Waals surface area contributed by atoms with Crippen molar-refractivity contribution >= 4 is 11.7 Å². The first-order valence-electron chi connectivity index (χ1n) is 6.73. The molecule has 0 aliphatic heterocycles. The minimum absolute atomic E-state index is 0.142. The van der Waals surface area contributed by atoms with E-state index in [1.165, 1.54) is 11.1 Å². The van der Waals surface area contributed by atoms with Crippen molar-refractivity contribution in [1.82, 2.24) is 0 Å². The molecule has 0 spiro atoms. The molecule has 3 heteroatoms. The Hall–Kier alpha value is -1.51. The molecule has 0 heterocycles. The van der Waals surface area contributed by atoms with Gasteiger partial charge in [-0.3, -0.25) is 4.79 Å². The molecule has 0 aliphatic carbocycles. The topological polar surface area (TPSA) is 29.5 Å². The molecule has 0 aliphatic rings. The Balaban J connectivity index is 2.87. The zero-order valence-corrected chi connectivity index (χ0v) is 12.9. The number of hydrogen-bond acceptors (Lipinski definition) is 3. The number of rotatable bonds is 4. The maximum Gasteiger partial charge on any atom is 0.325 e. The number of likely N-dealkylation sites (N-methyl/N-ethyl adjacent to an activating group) is 1. The summed E-state index contributed by atoms with van der Waals surface area (Å²) < 4.78 is 4.97. The highest BCUT2D eigenvalue weighted by Crippen LogP contribution is 2.27. The molecule has 0 saturated heterocycles. The number of nitrogens with zero attached hydrogens (tertiary/aromatic N) is 1. The second-order valence-electron chi connectivity index (χ2n) is 5.91. The number of anilines is 1. The van der Waals surface area contributed by atoms with Gasteiger partial charge in [0.15, 0.2) is 0 Å². The highest BCUT2D eigenvalue weighted by molar-refractivity contribution is 5.76. The Labute approximate surface area is 116 Å². The third kappa shape index (κ3) is 4.27. The lowest BCUT2D eigenvalue weighted by molar-refractivity contribution is -0.141. The Morgan fingerprint density at radius 2 is 1.95 bits per heavy atom. The average molecular weight is 263 g/mol. The van der Waals surface area contributed by atoms with Gasteiger partial charge in [0.2, 0.25) is 0 Å². The first-order valence-corrected chi connectivity index (χ1v) is 6.73. The van der Waals surface area contributed by atoms with Crippen LogP contribution in [-0.2, 0) is 14.9 Å². The van der Waals surface area contributed by atoms with Gasteiger partial charge in [-0.25, -0.2) is 0 Å². The van der Waals surface area contributed by atoms with E-state index < -0.39 is 0 Å². The van der Waals surface area contributed by atoms with Crippen LogP contribution >= 0.6 is 0 Å². The molecule has 1 aromatic carbocycles. The molecule has 106 valence electrons. The number of esters is 1. The van der Waals surface area contributed by atoms with Crippen LogP contribution in [0.5, 0.6) is 0 Å². The van der Waals surface area contributed by atoms with E-state index >= 15 is 0 Å². The Morgan fingerprint density at radius 1 is 1.32 bits per heavy atom. The summed E-state index contributed by atoms with van der Waals surface area (Å²) in [6, 6.07) is 6.40. The molecule has 0 saturated carbocycles. The van der Waals surface area contributed by atoms with Gasteiger partial charge in [-0.15, -0.1) is 0 Å². The van der Waals surface area contributed by atoms with Crippen LogP contribution in [0.4, 0.5) is 5.69 Å². The molecule has 0 radical (unpaired) electrons. The van der Waals surface area contributed by atoms with Crippen molar-refractivity contribution < 1.29 is 9.53 Å². The molecule has 0 atom stereocenters. The smallest absolute Gasteiger partial charge is 0.325 e. The van der Waals surface area contributed by atoms with Crippen LogP contribution in [0.15, 0.2) is 18.2 Å². The van der Waals surface area contributed by atoms with E-state index in [9.17, 15) is 4.79 Å². The minimum atomic E-state index is -0.190. The van der Waals surface area contributed by atoms with E-state index in [0.29, 0.717) is 6.61 Å². The van der Waals surface area contributed by atoms with Gasteiger partial charge >= 0.3 is 5.97 Å². The minimum Gasteiger partial charge on any atom is -0.465 e. The van der Waals surface area contributed by atoms with Crippen LogP contribution < -0.4 is 4.90 Å². The van der Waals surface area contributed by atoms with Gasteiger partial charge in [-0.1, -0.05) is 32.9 Å². The van der Waals surface area contributed by atoms with Crippen molar-refractivity contribution in [3.8, 4) is 0 Å². The summed E-state index contributed by atoms with van der Waals surface area (Å²) in [6.45, 7) is 11.2. The molecular weight excluding hydrogens is 238 g/mol. The van der Waals surface area contributed by atoms with Crippen LogP contribution in [0.1, 0.15) is 38.8 Å². The Kier molecular flexibility index (Phi) is 4.98. The van der Waals surface area contributed by atoms with Crippen LogP contribution in [-0.4, -0.2) is 26.2 Å². The molecule has 3 nitrogen and oxygen atoms in total. The normalized spacial score (nSPS) is 11.3. The number of hydrogen-bond donors (Lipinski definition) is 0. The van der Waals surface area contributed by atoms with E-state index in [1.807, 2.05) is 18.9 Å². The summed E-state index contributed by atoms with van der Waals surface area (Å²) in [5.41, 5.74) is 3.70. The number of carbonyl (C=O) groups excluding carboxylic acids is 1. The van der Waals surface area contributed by atoms with Crippen molar-refractivity contribution in [3.63, 3.8) is 0 Å². The van der Waals surface area contributed by atoms with Crippen molar-refractivity contribution in [2.75, 3.05) is 25.1 Å². The van der Waals surface area contributed by atoms with Gasteiger partial charge in [-0.05, 0) is 36.5 Å². The third-order valence-corrected chi connectivity index (χ3v) is 3.15. The van der Waals surface area contributed by atoms with Gasteiger partial charge in [0, 0.05) is 12.7 Å². The average Bonchev–Trinajstić information content (AvgIpc) is 2.27. The summed E-state index contributed by atoms with van der Waals surface area (Å²) in [4.78, 5) is 13.4. The highest BCUT2D eigenvalue weighted by Gasteiger charge is 2.16. The predicted molar refractivity (Wildman–Crippen MR) is 79.8 cm³/mol. The summed E-state index contributed by atoms with van der Waals surface area (Å²) in [5.74, 6) is -0.190. The largest absolute Gasteiger partial charge is 0.465 e. The molecule has 0 fully saturated rings. The quantitative estimate of drug-likeness (QED) is 0.781. The first-order chi connectivity index (χ1) is 8.75. The lowest BCUT2D eigenvalue weighted by atomic mass is 9.86. The maximum absolute atomic E-state index is 11.5. The first kappa shape index (κ1) is 15.5. The van der Waals surface area contributed by atoms with Crippen molar-refractivity contribution in [2.45, 2.75) is 40.0 Å². The van der Waals surface area contributed by atoms with Crippen LogP contribution in [0.25, 0.3) is 0 Å². The van der Waals surface area contributed by atoms with E-state index in [-0.39, 0.29) is 17.9 Å². The van der Waals surface area contributed by atoms with E-state index in [2.05, 4.69) is 45.9 Å². The van der Waals surface area contributed by atoms with E-state index in [4.69, 9.17) is 4.74 Å². The Morgan fingerprint density at radius 3 is 2.42 bits per heavy atom. The van der Waals surface area contributed by atoms with Crippen molar-refractivity contribution in [2.24, 2.45) is 0 Å². The molecule has 19 heavy (non-hydrogen) atoms. The van der Waals surface area contributed by atoms with Gasteiger partial charge in [-0.2, -0.15) is 0 Å². The molecular formula is C16H25NO2. The monoisotopic (exact) mass is 263 g/mol. The number of carbonyl (C=O) groups is 1. The molecule has 0 bridgehead atoms. The fourth-order valence-electron chi connectivity index (χ4n) is 2.04. The van der Waals surface area contributed by atoms with E-state index in [1.54, 1.807) is 0 Å². The molecule has 0 aromatic heterocycles.